The smallest absolute Gasteiger partial charge is 0.202 e. The van der Waals surface area contributed by atoms with E-state index >= 15 is 0 Å². The van der Waals surface area contributed by atoms with E-state index in [1.165, 1.54) is 38.8 Å². The molecule has 102 valence electrons. The topological polar surface area (TPSA) is 33.1 Å². The number of anilines is 1. The molecule has 1 aliphatic rings. The van der Waals surface area contributed by atoms with Gasteiger partial charge in [0.2, 0.25) is 5.95 Å². The van der Waals surface area contributed by atoms with Crippen LogP contribution in [0, 0.1) is 0 Å². The summed E-state index contributed by atoms with van der Waals surface area (Å²) in [7, 11) is 0. The van der Waals surface area contributed by atoms with Crippen LogP contribution >= 0.6 is 0 Å². The predicted octanol–water partition coefficient (Wildman–Crippen LogP) is 2.58. The van der Waals surface area contributed by atoms with E-state index in [-0.39, 0.29) is 0 Å². The van der Waals surface area contributed by atoms with E-state index in [0.717, 1.165) is 19.0 Å². The van der Waals surface area contributed by atoms with Crippen LogP contribution < -0.4 is 5.32 Å². The molecule has 0 aliphatic carbocycles. The molecule has 0 amide bonds. The second-order valence-electron chi connectivity index (χ2n) is 5.28. The van der Waals surface area contributed by atoms with Crippen LogP contribution in [-0.4, -0.2) is 40.1 Å². The van der Waals surface area contributed by atoms with Gasteiger partial charge in [-0.3, -0.25) is 4.90 Å². The normalized spacial score (nSPS) is 18.1. The van der Waals surface area contributed by atoms with Crippen molar-refractivity contribution in [1.82, 2.24) is 14.5 Å². The Labute approximate surface area is 110 Å². The Hall–Kier alpha value is -1.03. The second-order valence-corrected chi connectivity index (χ2v) is 5.28. The molecule has 2 rings (SSSR count). The third-order valence-corrected chi connectivity index (χ3v) is 3.75. The van der Waals surface area contributed by atoms with Crippen LogP contribution in [0.5, 0.6) is 0 Å². The van der Waals surface area contributed by atoms with Gasteiger partial charge in [0, 0.05) is 31.5 Å². The molecule has 1 fully saturated rings. The van der Waals surface area contributed by atoms with E-state index in [4.69, 9.17) is 0 Å². The van der Waals surface area contributed by atoms with E-state index in [9.17, 15) is 0 Å². The second kappa shape index (κ2) is 6.78. The van der Waals surface area contributed by atoms with Crippen LogP contribution in [0.15, 0.2) is 12.4 Å². The van der Waals surface area contributed by atoms with Gasteiger partial charge in [0.25, 0.3) is 0 Å². The molecule has 1 unspecified atom stereocenters. The van der Waals surface area contributed by atoms with Gasteiger partial charge in [-0.25, -0.2) is 4.98 Å². The quantitative estimate of drug-likeness (QED) is 0.755. The first-order valence-corrected chi connectivity index (χ1v) is 7.30. The number of imidazole rings is 1. The number of unbranched alkanes of at least 4 members (excludes halogenated alkanes) is 1. The summed E-state index contributed by atoms with van der Waals surface area (Å²) in [5.41, 5.74) is 0. The Morgan fingerprint density at radius 3 is 2.89 bits per heavy atom. The lowest BCUT2D eigenvalue weighted by atomic mass is 10.3. The van der Waals surface area contributed by atoms with Gasteiger partial charge in [-0.05, 0) is 39.3 Å². The largest absolute Gasteiger partial charge is 0.356 e. The van der Waals surface area contributed by atoms with E-state index in [1.807, 2.05) is 6.20 Å². The minimum atomic E-state index is 0.605. The van der Waals surface area contributed by atoms with Crippen LogP contribution in [0.1, 0.15) is 39.5 Å². The van der Waals surface area contributed by atoms with Crippen molar-refractivity contribution in [2.75, 3.05) is 25.0 Å². The number of hydrogen-bond donors (Lipinski definition) is 1. The van der Waals surface area contributed by atoms with E-state index in [1.54, 1.807) is 0 Å². The lowest BCUT2D eigenvalue weighted by Crippen LogP contribution is -2.33. The van der Waals surface area contributed by atoms with Crippen molar-refractivity contribution in [2.24, 2.45) is 0 Å². The summed E-state index contributed by atoms with van der Waals surface area (Å²) in [5.74, 6) is 1.02. The maximum atomic E-state index is 4.40. The van der Waals surface area contributed by atoms with Crippen LogP contribution in [0.4, 0.5) is 5.95 Å². The zero-order valence-electron chi connectivity index (χ0n) is 11.7. The molecule has 2 heterocycles. The van der Waals surface area contributed by atoms with E-state index < -0.39 is 0 Å². The van der Waals surface area contributed by atoms with Crippen molar-refractivity contribution in [3.8, 4) is 0 Å². The average molecular weight is 250 g/mol. The Morgan fingerprint density at radius 1 is 1.39 bits per heavy atom. The van der Waals surface area contributed by atoms with Gasteiger partial charge in [-0.15, -0.1) is 0 Å². The van der Waals surface area contributed by atoms with Crippen LogP contribution in [-0.2, 0) is 6.54 Å². The zero-order valence-corrected chi connectivity index (χ0v) is 11.7. The van der Waals surface area contributed by atoms with Gasteiger partial charge in [0.05, 0.1) is 0 Å². The molecule has 4 heteroatoms. The first kappa shape index (κ1) is 13.4. The first-order chi connectivity index (χ1) is 8.81. The molecule has 1 atom stereocenters. The predicted molar refractivity (Wildman–Crippen MR) is 75.9 cm³/mol. The Kier molecular flexibility index (Phi) is 5.05. The van der Waals surface area contributed by atoms with Crippen molar-refractivity contribution >= 4 is 5.95 Å². The van der Waals surface area contributed by atoms with Crippen LogP contribution in [0.25, 0.3) is 0 Å². The lowest BCUT2D eigenvalue weighted by molar-refractivity contribution is 0.236. The van der Waals surface area contributed by atoms with Crippen molar-refractivity contribution in [3.05, 3.63) is 12.4 Å². The van der Waals surface area contributed by atoms with Gasteiger partial charge in [0.15, 0.2) is 0 Å². The number of hydrogen-bond acceptors (Lipinski definition) is 3. The third-order valence-electron chi connectivity index (χ3n) is 3.75. The summed E-state index contributed by atoms with van der Waals surface area (Å²) in [5, 5.41) is 3.42. The summed E-state index contributed by atoms with van der Waals surface area (Å²) >= 11 is 0. The standard InChI is InChI=1S/C14H26N4/c1-3-4-7-15-14-16-8-11-18(14)12-13(2)17-9-5-6-10-17/h8,11,13H,3-7,9-10,12H2,1-2H3,(H,15,16). The van der Waals surface area contributed by atoms with Gasteiger partial charge in [-0.1, -0.05) is 13.3 Å². The highest BCUT2D eigenvalue weighted by atomic mass is 15.2. The van der Waals surface area contributed by atoms with Gasteiger partial charge in [-0.2, -0.15) is 0 Å². The van der Waals surface area contributed by atoms with Crippen molar-refractivity contribution < 1.29 is 0 Å². The fourth-order valence-electron chi connectivity index (χ4n) is 2.58. The molecule has 0 bridgehead atoms. The van der Waals surface area contributed by atoms with Crippen molar-refractivity contribution in [1.29, 1.82) is 0 Å². The number of nitrogens with zero attached hydrogens (tertiary/aromatic N) is 3. The Bertz CT molecular complexity index is 341. The van der Waals surface area contributed by atoms with Gasteiger partial charge >= 0.3 is 0 Å². The Morgan fingerprint density at radius 2 is 2.17 bits per heavy atom. The monoisotopic (exact) mass is 250 g/mol. The first-order valence-electron chi connectivity index (χ1n) is 7.30. The maximum Gasteiger partial charge on any atom is 0.202 e. The molecule has 1 saturated heterocycles. The molecule has 0 saturated carbocycles. The van der Waals surface area contributed by atoms with E-state index in [2.05, 4.69) is 39.8 Å². The highest BCUT2D eigenvalue weighted by Crippen LogP contribution is 2.14. The summed E-state index contributed by atoms with van der Waals surface area (Å²) in [6.45, 7) is 9.10. The molecule has 0 spiro atoms. The van der Waals surface area contributed by atoms with Crippen LogP contribution in [0.2, 0.25) is 0 Å². The zero-order chi connectivity index (χ0) is 12.8. The minimum absolute atomic E-state index is 0.605. The number of nitrogens with one attached hydrogen (secondary N) is 1. The summed E-state index contributed by atoms with van der Waals surface area (Å²) in [4.78, 5) is 6.98. The minimum Gasteiger partial charge on any atom is -0.356 e. The van der Waals surface area contributed by atoms with E-state index in [0.29, 0.717) is 6.04 Å². The molecule has 1 aliphatic heterocycles. The number of aromatic nitrogens is 2. The van der Waals surface area contributed by atoms with Gasteiger partial charge < -0.3 is 9.88 Å². The third kappa shape index (κ3) is 3.48. The molecule has 18 heavy (non-hydrogen) atoms. The Balaban J connectivity index is 1.86. The average Bonchev–Trinajstić information content (AvgIpc) is 3.01. The highest BCUT2D eigenvalue weighted by molar-refractivity contribution is 5.25. The summed E-state index contributed by atoms with van der Waals surface area (Å²) < 4.78 is 2.25. The molecule has 1 aromatic heterocycles. The molecule has 0 aromatic carbocycles. The number of likely N-dealkylation sites (tertiary alicyclic amines) is 1. The molecule has 4 nitrogen and oxygen atoms in total. The highest BCUT2D eigenvalue weighted by Gasteiger charge is 2.18. The molecular weight excluding hydrogens is 224 g/mol. The molecule has 1 N–H and O–H groups in total. The van der Waals surface area contributed by atoms with Crippen LogP contribution in [0.3, 0.4) is 0 Å². The SMILES string of the molecule is CCCCNc1nccn1CC(C)N1CCCC1. The fraction of sp³-hybridized carbons (Fsp3) is 0.786. The summed E-state index contributed by atoms with van der Waals surface area (Å²) in [6, 6.07) is 0.605. The van der Waals surface area contributed by atoms with Gasteiger partial charge in [0.1, 0.15) is 0 Å². The molecule has 1 aromatic rings. The van der Waals surface area contributed by atoms with Crippen molar-refractivity contribution in [3.63, 3.8) is 0 Å². The number of rotatable bonds is 7. The summed E-state index contributed by atoms with van der Waals surface area (Å²) in [6.07, 6.45) is 9.12. The van der Waals surface area contributed by atoms with Crippen molar-refractivity contribution in [2.45, 2.75) is 52.1 Å². The fourth-order valence-corrected chi connectivity index (χ4v) is 2.58. The molecule has 0 radical (unpaired) electrons. The molecular formula is C14H26N4. The lowest BCUT2D eigenvalue weighted by Gasteiger charge is -2.24. The maximum absolute atomic E-state index is 4.40.